The lowest BCUT2D eigenvalue weighted by molar-refractivity contribution is 0.352. The first-order chi connectivity index (χ1) is 10.8. The minimum atomic E-state index is -3.06. The zero-order valence-electron chi connectivity index (χ0n) is 14.6. The second-order valence-corrected chi connectivity index (χ2v) is 8.96. The minimum absolute atomic E-state index is 0. The first-order valence-corrected chi connectivity index (χ1v) is 9.26. The highest BCUT2D eigenvalue weighted by Gasteiger charge is 2.40. The van der Waals surface area contributed by atoms with Crippen LogP contribution in [-0.2, 0) is 16.4 Å². The van der Waals surface area contributed by atoms with Crippen LogP contribution in [0.3, 0.4) is 0 Å². The molecule has 0 bridgehead atoms. The summed E-state index contributed by atoms with van der Waals surface area (Å²) in [6.07, 6.45) is 0. The van der Waals surface area contributed by atoms with Crippen LogP contribution in [0.1, 0.15) is 19.4 Å². The molecule has 0 radical (unpaired) electrons. The summed E-state index contributed by atoms with van der Waals surface area (Å²) in [5, 5.41) is 3.30. The number of sulfone groups is 1. The molecule has 136 valence electrons. The zero-order valence-corrected chi connectivity index (χ0v) is 17.7. The van der Waals surface area contributed by atoms with E-state index in [1.54, 1.807) is 28.0 Å². The van der Waals surface area contributed by atoms with Crippen molar-refractivity contribution in [3.05, 3.63) is 29.8 Å². The van der Waals surface area contributed by atoms with E-state index in [1.807, 2.05) is 29.2 Å². The maximum Gasteiger partial charge on any atom is 0.193 e. The van der Waals surface area contributed by atoms with Gasteiger partial charge in [-0.25, -0.2) is 8.42 Å². The van der Waals surface area contributed by atoms with Gasteiger partial charge in [0.25, 0.3) is 0 Å². The Morgan fingerprint density at radius 2 is 2.04 bits per heavy atom. The summed E-state index contributed by atoms with van der Waals surface area (Å²) < 4.78 is 28.8. The van der Waals surface area contributed by atoms with Gasteiger partial charge in [-0.2, -0.15) is 0 Å². The highest BCUT2D eigenvalue weighted by atomic mass is 127. The molecule has 1 aromatic rings. The Kier molecular flexibility index (Phi) is 7.33. The molecule has 0 saturated carbocycles. The van der Waals surface area contributed by atoms with Crippen LogP contribution in [0.5, 0.6) is 5.75 Å². The molecule has 2 rings (SSSR count). The lowest BCUT2D eigenvalue weighted by Gasteiger charge is -2.39. The van der Waals surface area contributed by atoms with Crippen LogP contribution in [0.15, 0.2) is 29.3 Å². The van der Waals surface area contributed by atoms with Crippen molar-refractivity contribution < 1.29 is 13.2 Å². The van der Waals surface area contributed by atoms with E-state index in [0.717, 1.165) is 11.3 Å². The second-order valence-electron chi connectivity index (χ2n) is 6.21. The number of benzene rings is 1. The molecule has 1 heterocycles. The SMILES string of the molecule is CN=C(NCc1ccccc1OC)N1CCS(=O)(=O)C(C)(C)C1.I. The van der Waals surface area contributed by atoms with Crippen LogP contribution < -0.4 is 10.1 Å². The molecule has 0 atom stereocenters. The number of nitrogens with zero attached hydrogens (tertiary/aromatic N) is 2. The van der Waals surface area contributed by atoms with Crippen molar-refractivity contribution in [2.45, 2.75) is 25.1 Å². The Morgan fingerprint density at radius 3 is 2.62 bits per heavy atom. The predicted molar refractivity (Wildman–Crippen MR) is 108 cm³/mol. The zero-order chi connectivity index (χ0) is 17.1. The monoisotopic (exact) mass is 467 g/mol. The van der Waals surface area contributed by atoms with Crippen molar-refractivity contribution in [3.8, 4) is 5.75 Å². The fourth-order valence-electron chi connectivity index (χ4n) is 2.68. The quantitative estimate of drug-likeness (QED) is 0.418. The summed E-state index contributed by atoms with van der Waals surface area (Å²) in [5.74, 6) is 1.67. The van der Waals surface area contributed by atoms with E-state index in [4.69, 9.17) is 4.74 Å². The average molecular weight is 467 g/mol. The Morgan fingerprint density at radius 1 is 1.38 bits per heavy atom. The highest BCUT2D eigenvalue weighted by Crippen LogP contribution is 2.24. The Hall–Kier alpha value is -1.03. The van der Waals surface area contributed by atoms with E-state index in [0.29, 0.717) is 25.6 Å². The lowest BCUT2D eigenvalue weighted by atomic mass is 10.2. The van der Waals surface area contributed by atoms with Gasteiger partial charge in [-0.3, -0.25) is 4.99 Å². The molecule has 0 unspecified atom stereocenters. The number of aliphatic imine (C=N–C) groups is 1. The molecule has 0 aromatic heterocycles. The van der Waals surface area contributed by atoms with E-state index < -0.39 is 14.6 Å². The molecule has 1 aliphatic heterocycles. The second kappa shape index (κ2) is 8.37. The maximum atomic E-state index is 12.1. The Balaban J connectivity index is 0.00000288. The van der Waals surface area contributed by atoms with Crippen LogP contribution in [0.25, 0.3) is 0 Å². The summed E-state index contributed by atoms with van der Waals surface area (Å²) in [6.45, 7) is 4.99. The summed E-state index contributed by atoms with van der Waals surface area (Å²) in [7, 11) is 0.296. The number of para-hydroxylation sites is 1. The molecule has 1 saturated heterocycles. The van der Waals surface area contributed by atoms with Crippen LogP contribution in [0.4, 0.5) is 0 Å². The third-order valence-corrected chi connectivity index (χ3v) is 6.72. The minimum Gasteiger partial charge on any atom is -0.496 e. The average Bonchev–Trinajstić information content (AvgIpc) is 2.51. The summed E-state index contributed by atoms with van der Waals surface area (Å²) in [4.78, 5) is 6.29. The normalized spacial score (nSPS) is 19.3. The molecular weight excluding hydrogens is 441 g/mol. The van der Waals surface area contributed by atoms with E-state index in [9.17, 15) is 8.42 Å². The molecule has 1 N–H and O–H groups in total. The molecule has 24 heavy (non-hydrogen) atoms. The van der Waals surface area contributed by atoms with E-state index >= 15 is 0 Å². The van der Waals surface area contributed by atoms with Crippen molar-refractivity contribution in [2.75, 3.05) is 33.0 Å². The fourth-order valence-corrected chi connectivity index (χ4v) is 4.05. The van der Waals surface area contributed by atoms with Gasteiger partial charge >= 0.3 is 0 Å². The van der Waals surface area contributed by atoms with Gasteiger partial charge in [0, 0.05) is 32.2 Å². The Labute approximate surface area is 161 Å². The smallest absolute Gasteiger partial charge is 0.193 e. The topological polar surface area (TPSA) is 71.0 Å². The van der Waals surface area contributed by atoms with Gasteiger partial charge in [-0.05, 0) is 19.9 Å². The van der Waals surface area contributed by atoms with E-state index in [2.05, 4.69) is 10.3 Å². The standard InChI is InChI=1S/C16H25N3O3S.HI/c1-16(2)12-19(9-10-23(16,20)21)15(17-3)18-11-13-7-5-6-8-14(13)22-4;/h5-8H,9-12H2,1-4H3,(H,17,18);1H. The largest absolute Gasteiger partial charge is 0.496 e. The van der Waals surface area contributed by atoms with Gasteiger partial charge in [0.05, 0.1) is 17.6 Å². The number of rotatable bonds is 3. The third kappa shape index (κ3) is 4.53. The number of guanidine groups is 1. The molecule has 0 aliphatic carbocycles. The van der Waals surface area contributed by atoms with Crippen molar-refractivity contribution >= 4 is 39.8 Å². The van der Waals surface area contributed by atoms with Gasteiger partial charge in [0.2, 0.25) is 0 Å². The van der Waals surface area contributed by atoms with Gasteiger partial charge in [0.15, 0.2) is 15.8 Å². The molecule has 6 nitrogen and oxygen atoms in total. The molecule has 1 fully saturated rings. The number of hydrogen-bond acceptors (Lipinski definition) is 4. The summed E-state index contributed by atoms with van der Waals surface area (Å²) >= 11 is 0. The number of halogens is 1. The van der Waals surface area contributed by atoms with Crippen molar-refractivity contribution in [3.63, 3.8) is 0 Å². The van der Waals surface area contributed by atoms with Crippen molar-refractivity contribution in [2.24, 2.45) is 4.99 Å². The maximum absolute atomic E-state index is 12.1. The van der Waals surface area contributed by atoms with Crippen molar-refractivity contribution in [1.82, 2.24) is 10.2 Å². The molecule has 1 aliphatic rings. The van der Waals surface area contributed by atoms with Gasteiger partial charge in [-0.15, -0.1) is 24.0 Å². The molecular formula is C16H26IN3O3S. The predicted octanol–water partition coefficient (Wildman–Crippen LogP) is 1.90. The van der Waals surface area contributed by atoms with Gasteiger partial charge in [0.1, 0.15) is 5.75 Å². The molecule has 8 heteroatoms. The Bertz CT molecular complexity index is 690. The van der Waals surface area contributed by atoms with Gasteiger partial charge < -0.3 is 15.0 Å². The molecule has 0 amide bonds. The van der Waals surface area contributed by atoms with Crippen LogP contribution in [0, 0.1) is 0 Å². The van der Waals surface area contributed by atoms with Crippen molar-refractivity contribution in [1.29, 1.82) is 0 Å². The number of nitrogens with one attached hydrogen (secondary N) is 1. The van der Waals surface area contributed by atoms with Crippen LogP contribution in [0.2, 0.25) is 0 Å². The lowest BCUT2D eigenvalue weighted by Crippen LogP contribution is -2.57. The fraction of sp³-hybridized carbons (Fsp3) is 0.562. The summed E-state index contributed by atoms with van der Waals surface area (Å²) in [6, 6.07) is 7.79. The first-order valence-electron chi connectivity index (χ1n) is 7.60. The summed E-state index contributed by atoms with van der Waals surface area (Å²) in [5.41, 5.74) is 1.03. The number of hydrogen-bond donors (Lipinski definition) is 1. The molecule has 1 aromatic carbocycles. The highest BCUT2D eigenvalue weighted by molar-refractivity contribution is 14.0. The third-order valence-electron chi connectivity index (χ3n) is 4.18. The number of methoxy groups -OCH3 is 1. The van der Waals surface area contributed by atoms with Gasteiger partial charge in [-0.1, -0.05) is 18.2 Å². The number of ether oxygens (including phenoxy) is 1. The van der Waals surface area contributed by atoms with Crippen LogP contribution >= 0.6 is 24.0 Å². The van der Waals surface area contributed by atoms with Crippen LogP contribution in [-0.4, -0.2) is 57.0 Å². The van der Waals surface area contributed by atoms with E-state index in [-0.39, 0.29) is 29.7 Å². The first kappa shape index (κ1) is 21.0. The van der Waals surface area contributed by atoms with E-state index in [1.165, 1.54) is 0 Å². The molecule has 0 spiro atoms.